The fourth-order valence-electron chi connectivity index (χ4n) is 2.03. The number of hydrogen-bond donors (Lipinski definition) is 2. The van der Waals surface area contributed by atoms with Crippen molar-refractivity contribution in [2.24, 2.45) is 0 Å². The minimum atomic E-state index is -1.66. The van der Waals surface area contributed by atoms with Crippen molar-refractivity contribution in [3.63, 3.8) is 0 Å². The van der Waals surface area contributed by atoms with Crippen molar-refractivity contribution in [1.29, 1.82) is 0 Å². The summed E-state index contributed by atoms with van der Waals surface area (Å²) in [5.74, 6) is -0.669. The number of aliphatic carboxylic acids is 1. The molecule has 0 aliphatic heterocycles. The van der Waals surface area contributed by atoms with Gasteiger partial charge in [0.1, 0.15) is 6.61 Å². The van der Waals surface area contributed by atoms with Crippen molar-refractivity contribution < 1.29 is 24.5 Å². The lowest BCUT2D eigenvalue weighted by atomic mass is 10.1. The third-order valence-electron chi connectivity index (χ3n) is 3.06. The van der Waals surface area contributed by atoms with Crippen LogP contribution in [-0.4, -0.2) is 22.8 Å². The Morgan fingerprint density at radius 3 is 2.45 bits per heavy atom. The summed E-state index contributed by atoms with van der Waals surface area (Å²) < 4.78 is 11.2. The van der Waals surface area contributed by atoms with Crippen molar-refractivity contribution in [2.75, 3.05) is 6.61 Å². The second kappa shape index (κ2) is 7.47. The highest BCUT2D eigenvalue weighted by Crippen LogP contribution is 2.35. The van der Waals surface area contributed by atoms with E-state index in [2.05, 4.69) is 0 Å². The molecule has 1 atom stereocenters. The fraction of sp³-hybridized carbons (Fsp3) is 0.235. The Morgan fingerprint density at radius 2 is 1.82 bits per heavy atom. The molecule has 0 fully saturated rings. The molecule has 0 aliphatic carbocycles. The maximum absolute atomic E-state index is 11.0. The number of carboxylic acids is 1. The number of aliphatic hydroxyl groups is 1. The van der Waals surface area contributed by atoms with Gasteiger partial charge in [-0.2, -0.15) is 0 Å². The third-order valence-corrected chi connectivity index (χ3v) is 3.06. The summed E-state index contributed by atoms with van der Waals surface area (Å²) in [5, 5.41) is 18.9. The molecule has 2 rings (SSSR count). The molecule has 0 aliphatic rings. The Kier molecular flexibility index (Phi) is 5.38. The molecule has 5 nitrogen and oxygen atoms in total. The molecule has 0 saturated heterocycles. The van der Waals surface area contributed by atoms with E-state index in [0.717, 1.165) is 5.56 Å². The first kappa shape index (κ1) is 15.9. The first-order valence-electron chi connectivity index (χ1n) is 6.96. The van der Waals surface area contributed by atoms with E-state index < -0.39 is 12.1 Å². The number of carbonyl (C=O) groups is 1. The largest absolute Gasteiger partial charge is 0.490 e. The predicted molar refractivity (Wildman–Crippen MR) is 81.0 cm³/mol. The smallest absolute Gasteiger partial charge is 0.337 e. The van der Waals surface area contributed by atoms with Crippen molar-refractivity contribution >= 4 is 5.97 Å². The van der Waals surface area contributed by atoms with Crippen LogP contribution in [0.1, 0.15) is 24.2 Å². The van der Waals surface area contributed by atoms with Crippen molar-refractivity contribution in [3.05, 3.63) is 59.7 Å². The molecule has 116 valence electrons. The standard InChI is InChI=1S/C17H18O5/c1-2-21-14-10-6-9-13(15(18)17(19)20)16(14)22-11-12-7-4-3-5-8-12/h3-10,15,18H,2,11H2,1H3,(H,19,20). The molecule has 0 radical (unpaired) electrons. The second-order valence-electron chi connectivity index (χ2n) is 4.62. The van der Waals surface area contributed by atoms with Crippen LogP contribution < -0.4 is 9.47 Å². The highest BCUT2D eigenvalue weighted by molar-refractivity contribution is 5.75. The van der Waals surface area contributed by atoms with Crippen LogP contribution >= 0.6 is 0 Å². The van der Waals surface area contributed by atoms with Crippen LogP contribution in [-0.2, 0) is 11.4 Å². The molecule has 5 heteroatoms. The van der Waals surface area contributed by atoms with Gasteiger partial charge in [0.05, 0.1) is 6.61 Å². The number of hydrogen-bond acceptors (Lipinski definition) is 4. The van der Waals surface area contributed by atoms with Crippen LogP contribution in [0.4, 0.5) is 0 Å². The third kappa shape index (κ3) is 3.77. The molecule has 0 spiro atoms. The summed E-state index contributed by atoms with van der Waals surface area (Å²) in [6.45, 7) is 2.49. The monoisotopic (exact) mass is 302 g/mol. The molecule has 0 saturated carbocycles. The van der Waals surface area contributed by atoms with Crippen LogP contribution in [0.3, 0.4) is 0 Å². The summed E-state index contributed by atoms with van der Waals surface area (Å²) in [6.07, 6.45) is -1.66. The van der Waals surface area contributed by atoms with E-state index in [1.54, 1.807) is 12.1 Å². The lowest BCUT2D eigenvalue weighted by Gasteiger charge is -2.17. The summed E-state index contributed by atoms with van der Waals surface area (Å²) >= 11 is 0. The molecule has 0 bridgehead atoms. The molecule has 0 heterocycles. The van der Waals surface area contributed by atoms with Gasteiger partial charge in [0.25, 0.3) is 0 Å². The maximum atomic E-state index is 11.0. The van der Waals surface area contributed by atoms with Gasteiger partial charge in [0.2, 0.25) is 0 Å². The topological polar surface area (TPSA) is 76.0 Å². The van der Waals surface area contributed by atoms with E-state index in [4.69, 9.17) is 14.6 Å². The summed E-state index contributed by atoms with van der Waals surface area (Å²) in [6, 6.07) is 14.3. The van der Waals surface area contributed by atoms with E-state index >= 15 is 0 Å². The summed E-state index contributed by atoms with van der Waals surface area (Å²) in [4.78, 5) is 11.0. The first-order valence-corrected chi connectivity index (χ1v) is 6.96. The minimum absolute atomic E-state index is 0.175. The summed E-state index contributed by atoms with van der Waals surface area (Å²) in [7, 11) is 0. The Hall–Kier alpha value is -2.53. The fourth-order valence-corrected chi connectivity index (χ4v) is 2.03. The average Bonchev–Trinajstić information content (AvgIpc) is 2.54. The van der Waals surface area contributed by atoms with Gasteiger partial charge in [-0.15, -0.1) is 0 Å². The molecular weight excluding hydrogens is 284 g/mol. The SMILES string of the molecule is CCOc1cccc(C(O)C(=O)O)c1OCc1ccccc1. The van der Waals surface area contributed by atoms with Crippen LogP contribution in [0.25, 0.3) is 0 Å². The molecule has 0 aromatic heterocycles. The molecule has 2 aromatic carbocycles. The van der Waals surface area contributed by atoms with Crippen LogP contribution in [0.15, 0.2) is 48.5 Å². The quantitative estimate of drug-likeness (QED) is 0.822. The van der Waals surface area contributed by atoms with Gasteiger partial charge in [0, 0.05) is 5.56 Å². The lowest BCUT2D eigenvalue weighted by Crippen LogP contribution is -2.13. The van der Waals surface area contributed by atoms with Crippen molar-refractivity contribution in [2.45, 2.75) is 19.6 Å². The second-order valence-corrected chi connectivity index (χ2v) is 4.62. The zero-order valence-corrected chi connectivity index (χ0v) is 12.2. The van der Waals surface area contributed by atoms with Crippen molar-refractivity contribution in [3.8, 4) is 11.5 Å². The van der Waals surface area contributed by atoms with Gasteiger partial charge in [0.15, 0.2) is 17.6 Å². The van der Waals surface area contributed by atoms with Crippen molar-refractivity contribution in [1.82, 2.24) is 0 Å². The van der Waals surface area contributed by atoms with Crippen LogP contribution in [0.2, 0.25) is 0 Å². The van der Waals surface area contributed by atoms with Gasteiger partial charge in [-0.1, -0.05) is 42.5 Å². The molecule has 2 aromatic rings. The number of carboxylic acid groups (broad SMARTS) is 1. The van der Waals surface area contributed by atoms with E-state index in [-0.39, 0.29) is 17.9 Å². The Bertz CT molecular complexity index is 624. The Labute approximate surface area is 128 Å². The molecule has 2 N–H and O–H groups in total. The normalized spacial score (nSPS) is 11.7. The average molecular weight is 302 g/mol. The number of rotatable bonds is 7. The van der Waals surface area contributed by atoms with Gasteiger partial charge in [-0.25, -0.2) is 4.79 Å². The van der Waals surface area contributed by atoms with E-state index in [0.29, 0.717) is 12.4 Å². The number of para-hydroxylation sites is 1. The van der Waals surface area contributed by atoms with Crippen LogP contribution in [0.5, 0.6) is 11.5 Å². The highest BCUT2D eigenvalue weighted by Gasteiger charge is 2.23. The predicted octanol–water partition coefficient (Wildman–Crippen LogP) is 2.78. The molecule has 1 unspecified atom stereocenters. The molecular formula is C17H18O5. The Balaban J connectivity index is 2.30. The highest BCUT2D eigenvalue weighted by atomic mass is 16.5. The maximum Gasteiger partial charge on any atom is 0.337 e. The van der Waals surface area contributed by atoms with Gasteiger partial charge in [-0.05, 0) is 18.6 Å². The van der Waals surface area contributed by atoms with E-state index in [9.17, 15) is 9.90 Å². The molecule has 22 heavy (non-hydrogen) atoms. The summed E-state index contributed by atoms with van der Waals surface area (Å²) in [5.41, 5.74) is 1.11. The zero-order valence-electron chi connectivity index (χ0n) is 12.2. The first-order chi connectivity index (χ1) is 10.6. The number of aliphatic hydroxyl groups excluding tert-OH is 1. The number of ether oxygens (including phenoxy) is 2. The van der Waals surface area contributed by atoms with Gasteiger partial charge < -0.3 is 19.7 Å². The minimum Gasteiger partial charge on any atom is -0.490 e. The van der Waals surface area contributed by atoms with Crippen LogP contribution in [0, 0.1) is 0 Å². The zero-order chi connectivity index (χ0) is 15.9. The van der Waals surface area contributed by atoms with Gasteiger partial charge >= 0.3 is 5.97 Å². The van der Waals surface area contributed by atoms with E-state index in [1.165, 1.54) is 6.07 Å². The Morgan fingerprint density at radius 1 is 1.09 bits per heavy atom. The molecule has 0 amide bonds. The number of benzene rings is 2. The lowest BCUT2D eigenvalue weighted by molar-refractivity contribution is -0.147. The van der Waals surface area contributed by atoms with Gasteiger partial charge in [-0.3, -0.25) is 0 Å². The van der Waals surface area contributed by atoms with E-state index in [1.807, 2.05) is 37.3 Å².